The van der Waals surface area contributed by atoms with E-state index in [4.69, 9.17) is 0 Å². The molecule has 1 aliphatic rings. The largest absolute Gasteiger partial charge is 0.393 e. The SMILES string of the molecule is CC(O)CC(C)NC(=O)c1cc([N+](=O)[O-])cn1C1CC1. The molecule has 7 nitrogen and oxygen atoms in total. The molecular weight excluding hydrogens is 262 g/mol. The Balaban J connectivity index is 2.14. The average molecular weight is 281 g/mol. The normalized spacial score (nSPS) is 17.6. The number of carbonyl (C=O) groups is 1. The maximum atomic E-state index is 12.2. The van der Waals surface area contributed by atoms with Crippen LogP contribution < -0.4 is 5.32 Å². The quantitative estimate of drug-likeness (QED) is 0.611. The summed E-state index contributed by atoms with van der Waals surface area (Å²) in [5.74, 6) is -0.335. The van der Waals surface area contributed by atoms with Crippen molar-refractivity contribution in [1.82, 2.24) is 9.88 Å². The molecular formula is C13H19N3O4. The van der Waals surface area contributed by atoms with E-state index >= 15 is 0 Å². The molecule has 7 heteroatoms. The second kappa shape index (κ2) is 5.62. The van der Waals surface area contributed by atoms with E-state index in [1.54, 1.807) is 18.4 Å². The number of aliphatic hydroxyl groups excluding tert-OH is 1. The Morgan fingerprint density at radius 2 is 2.25 bits per heavy atom. The van der Waals surface area contributed by atoms with Crippen LogP contribution in [-0.4, -0.2) is 32.6 Å². The van der Waals surface area contributed by atoms with Crippen molar-refractivity contribution < 1.29 is 14.8 Å². The molecule has 1 saturated carbocycles. The smallest absolute Gasteiger partial charge is 0.287 e. The Morgan fingerprint density at radius 1 is 1.60 bits per heavy atom. The highest BCUT2D eigenvalue weighted by Gasteiger charge is 2.30. The lowest BCUT2D eigenvalue weighted by Crippen LogP contribution is -2.35. The number of amides is 1. The molecule has 0 saturated heterocycles. The monoisotopic (exact) mass is 281 g/mol. The molecule has 1 fully saturated rings. The summed E-state index contributed by atoms with van der Waals surface area (Å²) in [6.07, 6.45) is 3.24. The topological polar surface area (TPSA) is 97.4 Å². The molecule has 2 atom stereocenters. The van der Waals surface area contributed by atoms with Crippen LogP contribution in [0.25, 0.3) is 0 Å². The first-order valence-corrected chi connectivity index (χ1v) is 6.73. The van der Waals surface area contributed by atoms with Crippen molar-refractivity contribution in [2.24, 2.45) is 0 Å². The number of nitrogens with zero attached hydrogens (tertiary/aromatic N) is 2. The fraction of sp³-hybridized carbons (Fsp3) is 0.615. The lowest BCUT2D eigenvalue weighted by molar-refractivity contribution is -0.384. The highest BCUT2D eigenvalue weighted by molar-refractivity contribution is 5.93. The first-order chi connectivity index (χ1) is 9.38. The van der Waals surface area contributed by atoms with Crippen LogP contribution in [0.3, 0.4) is 0 Å². The van der Waals surface area contributed by atoms with Gasteiger partial charge in [-0.05, 0) is 33.1 Å². The van der Waals surface area contributed by atoms with E-state index in [0.717, 1.165) is 12.8 Å². The minimum atomic E-state index is -0.505. The van der Waals surface area contributed by atoms with E-state index in [-0.39, 0.29) is 23.7 Å². The summed E-state index contributed by atoms with van der Waals surface area (Å²) in [4.78, 5) is 22.5. The summed E-state index contributed by atoms with van der Waals surface area (Å²) >= 11 is 0. The first-order valence-electron chi connectivity index (χ1n) is 6.73. The zero-order valence-corrected chi connectivity index (χ0v) is 11.6. The van der Waals surface area contributed by atoms with Gasteiger partial charge in [0.2, 0.25) is 0 Å². The zero-order chi connectivity index (χ0) is 14.9. The summed E-state index contributed by atoms with van der Waals surface area (Å²) in [5.41, 5.74) is 0.252. The highest BCUT2D eigenvalue weighted by atomic mass is 16.6. The van der Waals surface area contributed by atoms with Crippen LogP contribution in [0.4, 0.5) is 5.69 Å². The number of hydrogen-bond donors (Lipinski definition) is 2. The number of nitro groups is 1. The Labute approximate surface area is 116 Å². The predicted octanol–water partition coefficient (Wildman–Crippen LogP) is 1.62. The van der Waals surface area contributed by atoms with Gasteiger partial charge in [-0.25, -0.2) is 0 Å². The maximum absolute atomic E-state index is 12.2. The second-order valence-electron chi connectivity index (χ2n) is 5.44. The van der Waals surface area contributed by atoms with Crippen LogP contribution in [0.5, 0.6) is 0 Å². The average Bonchev–Trinajstić information content (AvgIpc) is 3.06. The molecule has 1 amide bonds. The summed E-state index contributed by atoms with van der Waals surface area (Å²) < 4.78 is 1.68. The molecule has 110 valence electrons. The molecule has 2 rings (SSSR count). The van der Waals surface area contributed by atoms with E-state index in [9.17, 15) is 20.0 Å². The highest BCUT2D eigenvalue weighted by Crippen LogP contribution is 2.37. The molecule has 1 aromatic heterocycles. The van der Waals surface area contributed by atoms with Crippen LogP contribution in [0, 0.1) is 10.1 Å². The number of aliphatic hydroxyl groups is 1. The van der Waals surface area contributed by atoms with Crippen molar-refractivity contribution in [3.63, 3.8) is 0 Å². The number of hydrogen-bond acceptors (Lipinski definition) is 4. The lowest BCUT2D eigenvalue weighted by atomic mass is 10.1. The predicted molar refractivity (Wildman–Crippen MR) is 72.6 cm³/mol. The Hall–Kier alpha value is -1.89. The van der Waals surface area contributed by atoms with Gasteiger partial charge in [-0.1, -0.05) is 0 Å². The molecule has 0 spiro atoms. The van der Waals surface area contributed by atoms with E-state index in [1.165, 1.54) is 12.3 Å². The molecule has 2 N–H and O–H groups in total. The van der Waals surface area contributed by atoms with Crippen LogP contribution >= 0.6 is 0 Å². The fourth-order valence-electron chi connectivity index (χ4n) is 2.27. The first kappa shape index (κ1) is 14.5. The standard InChI is InChI=1S/C13H19N3O4/c1-8(5-9(2)17)14-13(18)12-6-11(16(19)20)7-15(12)10-3-4-10/h6-10,17H,3-5H2,1-2H3,(H,14,18). The van der Waals surface area contributed by atoms with Crippen LogP contribution in [0.15, 0.2) is 12.3 Å². The van der Waals surface area contributed by atoms with Gasteiger partial charge in [0.1, 0.15) is 5.69 Å². The van der Waals surface area contributed by atoms with Gasteiger partial charge >= 0.3 is 0 Å². The van der Waals surface area contributed by atoms with Crippen LogP contribution in [-0.2, 0) is 0 Å². The van der Waals surface area contributed by atoms with Crippen molar-refractivity contribution in [3.05, 3.63) is 28.1 Å². The van der Waals surface area contributed by atoms with E-state index in [1.807, 2.05) is 0 Å². The van der Waals surface area contributed by atoms with Gasteiger partial charge in [0.25, 0.3) is 11.6 Å². The Kier molecular flexibility index (Phi) is 4.08. The van der Waals surface area contributed by atoms with Crippen molar-refractivity contribution in [1.29, 1.82) is 0 Å². The third-order valence-electron chi connectivity index (χ3n) is 3.29. The van der Waals surface area contributed by atoms with Crippen molar-refractivity contribution in [2.45, 2.75) is 51.3 Å². The molecule has 1 aromatic rings. The Morgan fingerprint density at radius 3 is 2.75 bits per heavy atom. The number of aromatic nitrogens is 1. The Bertz CT molecular complexity index is 520. The number of carbonyl (C=O) groups excluding carboxylic acids is 1. The molecule has 1 aliphatic carbocycles. The van der Waals surface area contributed by atoms with E-state index in [0.29, 0.717) is 12.1 Å². The van der Waals surface area contributed by atoms with E-state index in [2.05, 4.69) is 5.32 Å². The number of nitrogens with one attached hydrogen (secondary N) is 1. The van der Waals surface area contributed by atoms with Crippen molar-refractivity contribution in [3.8, 4) is 0 Å². The summed E-state index contributed by atoms with van der Waals surface area (Å²) in [6.45, 7) is 3.45. The minimum Gasteiger partial charge on any atom is -0.393 e. The third-order valence-corrected chi connectivity index (χ3v) is 3.29. The lowest BCUT2D eigenvalue weighted by Gasteiger charge is -2.16. The van der Waals surface area contributed by atoms with Crippen LogP contribution in [0.1, 0.15) is 49.6 Å². The van der Waals surface area contributed by atoms with Crippen molar-refractivity contribution >= 4 is 11.6 Å². The third kappa shape index (κ3) is 3.36. The molecule has 0 radical (unpaired) electrons. The maximum Gasteiger partial charge on any atom is 0.287 e. The summed E-state index contributed by atoms with van der Waals surface area (Å²) in [6, 6.07) is 1.31. The van der Waals surface area contributed by atoms with Gasteiger partial charge in [-0.2, -0.15) is 0 Å². The number of rotatable bonds is 6. The minimum absolute atomic E-state index is 0.0646. The molecule has 0 aromatic carbocycles. The molecule has 1 heterocycles. The second-order valence-corrected chi connectivity index (χ2v) is 5.44. The molecule has 20 heavy (non-hydrogen) atoms. The molecule has 0 bridgehead atoms. The fourth-order valence-corrected chi connectivity index (χ4v) is 2.27. The van der Waals surface area contributed by atoms with Gasteiger partial charge in [0.05, 0.1) is 17.2 Å². The zero-order valence-electron chi connectivity index (χ0n) is 11.6. The van der Waals surface area contributed by atoms with Gasteiger partial charge in [-0.3, -0.25) is 14.9 Å². The van der Waals surface area contributed by atoms with Gasteiger partial charge in [0, 0.05) is 18.2 Å². The van der Waals surface area contributed by atoms with Gasteiger partial charge in [0.15, 0.2) is 0 Å². The van der Waals surface area contributed by atoms with Gasteiger partial charge < -0.3 is 15.0 Å². The van der Waals surface area contributed by atoms with E-state index < -0.39 is 11.0 Å². The molecule has 2 unspecified atom stereocenters. The molecule has 0 aliphatic heterocycles. The van der Waals surface area contributed by atoms with Gasteiger partial charge in [-0.15, -0.1) is 0 Å². The van der Waals surface area contributed by atoms with Crippen LogP contribution in [0.2, 0.25) is 0 Å². The van der Waals surface area contributed by atoms with Crippen molar-refractivity contribution in [2.75, 3.05) is 0 Å². The summed E-state index contributed by atoms with van der Waals surface area (Å²) in [5, 5.41) is 22.9. The summed E-state index contributed by atoms with van der Waals surface area (Å²) in [7, 11) is 0.